The molecule has 1 aliphatic heterocycles. The molecule has 0 saturated carbocycles. The zero-order valence-electron chi connectivity index (χ0n) is 20.4. The number of primary amides is 1. The Kier molecular flexibility index (Phi) is 7.70. The van der Waals surface area contributed by atoms with Crippen LogP contribution in [0, 0.1) is 0 Å². The van der Waals surface area contributed by atoms with Crippen molar-refractivity contribution >= 4 is 23.4 Å². The highest BCUT2D eigenvalue weighted by atomic mass is 16.6. The van der Waals surface area contributed by atoms with Gasteiger partial charge in [-0.2, -0.15) is 0 Å². The topological polar surface area (TPSA) is 84.7 Å². The molecule has 0 spiro atoms. The van der Waals surface area contributed by atoms with Crippen LogP contribution in [0.3, 0.4) is 0 Å². The molecule has 0 saturated heterocycles. The first-order chi connectivity index (χ1) is 16.9. The summed E-state index contributed by atoms with van der Waals surface area (Å²) in [6, 6.07) is 23.9. The van der Waals surface area contributed by atoms with Crippen LogP contribution in [0.4, 0.5) is 16.2 Å². The number of carbonyl (C=O) groups is 2. The van der Waals surface area contributed by atoms with E-state index in [1.807, 2.05) is 60.7 Å². The number of carbonyl (C=O) groups excluding carboxylic acids is 2. The Labute approximate surface area is 207 Å². The molecule has 0 fully saturated rings. The summed E-state index contributed by atoms with van der Waals surface area (Å²) in [4.78, 5) is 26.1. The number of amides is 2. The number of ether oxygens (including phenoxy) is 1. The second kappa shape index (κ2) is 11.1. The lowest BCUT2D eigenvalue weighted by Crippen LogP contribution is -2.21. The van der Waals surface area contributed by atoms with Crippen LogP contribution in [0.2, 0.25) is 0 Å². The van der Waals surface area contributed by atoms with Crippen LogP contribution in [0.1, 0.15) is 61.6 Å². The van der Waals surface area contributed by atoms with E-state index < -0.39 is 6.09 Å². The summed E-state index contributed by atoms with van der Waals surface area (Å²) >= 11 is 0. The van der Waals surface area contributed by atoms with Crippen molar-refractivity contribution in [3.63, 3.8) is 0 Å². The number of nitrogens with one attached hydrogen (secondary N) is 1. The zero-order chi connectivity index (χ0) is 24.8. The largest absolute Gasteiger partial charge is 0.417 e. The number of fused-ring (bicyclic) bond motifs is 1. The first kappa shape index (κ1) is 24.3. The van der Waals surface area contributed by atoms with Crippen molar-refractivity contribution < 1.29 is 14.3 Å². The number of hydrogen-bond acceptors (Lipinski definition) is 4. The van der Waals surface area contributed by atoms with Crippen molar-refractivity contribution in [3.05, 3.63) is 89.5 Å². The molecule has 182 valence electrons. The number of anilines is 2. The summed E-state index contributed by atoms with van der Waals surface area (Å²) in [7, 11) is 0. The Hall–Kier alpha value is -3.80. The van der Waals surface area contributed by atoms with Crippen molar-refractivity contribution in [3.8, 4) is 5.75 Å². The van der Waals surface area contributed by atoms with Gasteiger partial charge in [0.15, 0.2) is 0 Å². The van der Waals surface area contributed by atoms with Gasteiger partial charge in [-0.25, -0.2) is 4.79 Å². The van der Waals surface area contributed by atoms with E-state index in [4.69, 9.17) is 10.5 Å². The van der Waals surface area contributed by atoms with Crippen LogP contribution >= 0.6 is 0 Å². The van der Waals surface area contributed by atoms with E-state index in [-0.39, 0.29) is 11.8 Å². The van der Waals surface area contributed by atoms with Crippen LogP contribution < -0.4 is 20.7 Å². The van der Waals surface area contributed by atoms with Gasteiger partial charge in [-0.1, -0.05) is 56.3 Å². The van der Waals surface area contributed by atoms with Gasteiger partial charge in [0.1, 0.15) is 5.75 Å². The van der Waals surface area contributed by atoms with Gasteiger partial charge >= 0.3 is 6.09 Å². The Bertz CT molecular complexity index is 1160. The summed E-state index contributed by atoms with van der Waals surface area (Å²) < 4.78 is 5.62. The van der Waals surface area contributed by atoms with Gasteiger partial charge in [-0.15, -0.1) is 0 Å². The molecule has 1 heterocycles. The Balaban J connectivity index is 1.47. The summed E-state index contributed by atoms with van der Waals surface area (Å²) in [6.07, 6.45) is 1.43. The molecule has 6 heteroatoms. The molecule has 0 radical (unpaired) electrons. The minimum absolute atomic E-state index is 0.239. The van der Waals surface area contributed by atoms with Gasteiger partial charge in [0, 0.05) is 36.8 Å². The van der Waals surface area contributed by atoms with Crippen LogP contribution in [0.15, 0.2) is 72.8 Å². The maximum Gasteiger partial charge on any atom is 0.417 e. The van der Waals surface area contributed by atoms with Crippen molar-refractivity contribution in [1.82, 2.24) is 0 Å². The van der Waals surface area contributed by atoms with E-state index in [0.717, 1.165) is 37.2 Å². The van der Waals surface area contributed by atoms with E-state index in [0.29, 0.717) is 23.8 Å². The molecular weight excluding hydrogens is 438 g/mol. The zero-order valence-corrected chi connectivity index (χ0v) is 20.4. The summed E-state index contributed by atoms with van der Waals surface area (Å²) in [5.74, 6) is 0.893. The minimum atomic E-state index is -0.522. The lowest BCUT2D eigenvalue weighted by atomic mass is 9.95. The van der Waals surface area contributed by atoms with Crippen molar-refractivity contribution in [2.24, 2.45) is 5.73 Å². The highest BCUT2D eigenvalue weighted by Crippen LogP contribution is 2.41. The van der Waals surface area contributed by atoms with E-state index in [9.17, 15) is 9.59 Å². The summed E-state index contributed by atoms with van der Waals surface area (Å²) in [5.41, 5.74) is 10.8. The van der Waals surface area contributed by atoms with E-state index in [1.165, 1.54) is 11.1 Å². The SMILES string of the molecule is CC(C)c1ccc(NC(=O)Oc2ccc3c(c2)C(CCCC(N)=O)CN3Cc2ccccc2)cc1. The molecule has 1 aliphatic rings. The smallest absolute Gasteiger partial charge is 0.410 e. The third-order valence-electron chi connectivity index (χ3n) is 6.45. The number of rotatable bonds is 9. The van der Waals surface area contributed by atoms with Crippen molar-refractivity contribution in [1.29, 1.82) is 0 Å². The quantitative estimate of drug-likeness (QED) is 0.390. The second-order valence-corrected chi connectivity index (χ2v) is 9.43. The van der Waals surface area contributed by atoms with Gasteiger partial charge in [-0.3, -0.25) is 10.1 Å². The van der Waals surface area contributed by atoms with Gasteiger partial charge in [0.2, 0.25) is 5.91 Å². The van der Waals surface area contributed by atoms with Gasteiger partial charge in [0.25, 0.3) is 0 Å². The Morgan fingerprint density at radius 3 is 2.49 bits per heavy atom. The number of hydrogen-bond donors (Lipinski definition) is 2. The Morgan fingerprint density at radius 2 is 1.80 bits per heavy atom. The van der Waals surface area contributed by atoms with Crippen LogP contribution in [0.25, 0.3) is 0 Å². The highest BCUT2D eigenvalue weighted by molar-refractivity contribution is 5.86. The molecule has 4 rings (SSSR count). The summed E-state index contributed by atoms with van der Waals surface area (Å²) in [5, 5.41) is 2.80. The molecule has 0 bridgehead atoms. The minimum Gasteiger partial charge on any atom is -0.410 e. The first-order valence-corrected chi connectivity index (χ1v) is 12.2. The fourth-order valence-corrected chi connectivity index (χ4v) is 4.60. The third-order valence-corrected chi connectivity index (χ3v) is 6.45. The molecule has 3 aromatic rings. The average molecular weight is 472 g/mol. The van der Waals surface area contributed by atoms with Crippen molar-refractivity contribution in [2.75, 3.05) is 16.8 Å². The van der Waals surface area contributed by atoms with Crippen LogP contribution in [-0.4, -0.2) is 18.5 Å². The molecule has 6 nitrogen and oxygen atoms in total. The predicted octanol–water partition coefficient (Wildman–Crippen LogP) is 6.18. The fraction of sp³-hybridized carbons (Fsp3) is 0.310. The fourth-order valence-electron chi connectivity index (χ4n) is 4.60. The highest BCUT2D eigenvalue weighted by Gasteiger charge is 2.29. The monoisotopic (exact) mass is 471 g/mol. The van der Waals surface area contributed by atoms with Gasteiger partial charge < -0.3 is 15.4 Å². The lowest BCUT2D eigenvalue weighted by Gasteiger charge is -2.20. The summed E-state index contributed by atoms with van der Waals surface area (Å²) in [6.45, 7) is 5.91. The molecule has 3 aromatic carbocycles. The maximum atomic E-state index is 12.5. The normalized spacial score (nSPS) is 14.6. The average Bonchev–Trinajstić information content (AvgIpc) is 3.16. The molecule has 35 heavy (non-hydrogen) atoms. The lowest BCUT2D eigenvalue weighted by molar-refractivity contribution is -0.118. The van der Waals surface area contributed by atoms with E-state index in [1.54, 1.807) is 0 Å². The first-order valence-electron chi connectivity index (χ1n) is 12.2. The van der Waals surface area contributed by atoms with Crippen LogP contribution in [0.5, 0.6) is 5.75 Å². The standard InChI is InChI=1S/C29H33N3O3/c1-20(2)22-11-13-24(14-12-22)31-29(34)35-25-15-16-27-26(17-25)23(9-6-10-28(30)33)19-32(27)18-21-7-4-3-5-8-21/h3-5,7-8,11-17,20,23H,6,9-10,18-19H2,1-2H3,(H2,30,33)(H,31,34). The second-order valence-electron chi connectivity index (χ2n) is 9.43. The molecule has 2 amide bonds. The maximum absolute atomic E-state index is 12.5. The number of nitrogens with zero attached hydrogens (tertiary/aromatic N) is 1. The number of nitrogens with two attached hydrogens (primary N) is 1. The van der Waals surface area contributed by atoms with Crippen molar-refractivity contribution in [2.45, 2.75) is 51.5 Å². The molecule has 0 aromatic heterocycles. The van der Waals surface area contributed by atoms with E-state index in [2.05, 4.69) is 36.2 Å². The Morgan fingerprint density at radius 1 is 1.06 bits per heavy atom. The molecule has 1 atom stereocenters. The number of benzene rings is 3. The van der Waals surface area contributed by atoms with E-state index >= 15 is 0 Å². The third kappa shape index (κ3) is 6.41. The molecule has 0 aliphatic carbocycles. The molecule has 3 N–H and O–H groups in total. The molecule has 1 unspecified atom stereocenters. The van der Waals surface area contributed by atoms with Gasteiger partial charge in [-0.05, 0) is 65.8 Å². The van der Waals surface area contributed by atoms with Crippen LogP contribution in [-0.2, 0) is 11.3 Å². The molecular formula is C29H33N3O3. The van der Waals surface area contributed by atoms with Gasteiger partial charge in [0.05, 0.1) is 0 Å². The predicted molar refractivity (Wildman–Crippen MR) is 140 cm³/mol.